The second-order valence-corrected chi connectivity index (χ2v) is 5.57. The normalized spacial score (nSPS) is 19.0. The smallest absolute Gasteiger partial charge is 0.223 e. The van der Waals surface area contributed by atoms with Crippen molar-refractivity contribution in [1.82, 2.24) is 10.2 Å². The molecular weight excluding hydrogens is 276 g/mol. The molecule has 0 aromatic heterocycles. The number of hydrogen-bond acceptors (Lipinski definition) is 3. The number of rotatable bonds is 6. The molecule has 0 spiro atoms. The molecule has 1 atom stereocenters. The molecule has 1 fully saturated rings. The molecule has 110 valence electrons. The monoisotopic (exact) mass is 296 g/mol. The summed E-state index contributed by atoms with van der Waals surface area (Å²) in [6.45, 7) is 2.24. The second-order valence-electron chi connectivity index (χ2n) is 5.13. The van der Waals surface area contributed by atoms with Crippen LogP contribution in [0.25, 0.3) is 0 Å². The van der Waals surface area contributed by atoms with E-state index in [0.29, 0.717) is 24.1 Å². The lowest BCUT2D eigenvalue weighted by molar-refractivity contribution is -0.121. The van der Waals surface area contributed by atoms with Crippen LogP contribution in [0.3, 0.4) is 0 Å². The minimum absolute atomic E-state index is 0.0410. The highest BCUT2D eigenvalue weighted by Gasteiger charge is 2.20. The van der Waals surface area contributed by atoms with Crippen molar-refractivity contribution < 1.29 is 9.53 Å². The predicted molar refractivity (Wildman–Crippen MR) is 80.2 cm³/mol. The van der Waals surface area contributed by atoms with E-state index in [0.717, 1.165) is 25.3 Å². The molecule has 1 N–H and O–H groups in total. The van der Waals surface area contributed by atoms with E-state index in [4.69, 9.17) is 16.3 Å². The maximum Gasteiger partial charge on any atom is 0.223 e. The van der Waals surface area contributed by atoms with Crippen LogP contribution < -0.4 is 10.1 Å². The Morgan fingerprint density at radius 2 is 2.20 bits per heavy atom. The molecule has 0 unspecified atom stereocenters. The zero-order chi connectivity index (χ0) is 14.4. The SMILES string of the molecule is CN1CCC[C@H]1CNC(=O)CCOc1ccc(Cl)cc1. The number of nitrogens with one attached hydrogen (secondary N) is 1. The van der Waals surface area contributed by atoms with Gasteiger partial charge in [-0.1, -0.05) is 11.6 Å². The number of carbonyl (C=O) groups is 1. The fourth-order valence-corrected chi connectivity index (χ4v) is 2.48. The molecule has 4 nitrogen and oxygen atoms in total. The fourth-order valence-electron chi connectivity index (χ4n) is 2.35. The van der Waals surface area contributed by atoms with Crippen LogP contribution in [0.15, 0.2) is 24.3 Å². The number of hydrogen-bond donors (Lipinski definition) is 1. The van der Waals surface area contributed by atoms with Crippen LogP contribution in [-0.4, -0.2) is 43.6 Å². The van der Waals surface area contributed by atoms with Crippen LogP contribution in [0.4, 0.5) is 0 Å². The number of likely N-dealkylation sites (N-methyl/N-ethyl adjacent to an activating group) is 1. The number of halogens is 1. The lowest BCUT2D eigenvalue weighted by Crippen LogP contribution is -2.38. The van der Waals surface area contributed by atoms with Crippen molar-refractivity contribution in [2.24, 2.45) is 0 Å². The molecule has 0 aliphatic carbocycles. The molecule has 0 saturated carbocycles. The molecule has 0 bridgehead atoms. The van der Waals surface area contributed by atoms with Crippen molar-refractivity contribution in [3.8, 4) is 5.75 Å². The Bertz CT molecular complexity index is 436. The fraction of sp³-hybridized carbons (Fsp3) is 0.533. The summed E-state index contributed by atoms with van der Waals surface area (Å²) in [5.41, 5.74) is 0. The van der Waals surface area contributed by atoms with Crippen molar-refractivity contribution in [1.29, 1.82) is 0 Å². The van der Waals surface area contributed by atoms with Gasteiger partial charge in [0.1, 0.15) is 5.75 Å². The summed E-state index contributed by atoms with van der Waals surface area (Å²) in [5, 5.41) is 3.65. The van der Waals surface area contributed by atoms with Gasteiger partial charge < -0.3 is 15.0 Å². The second kappa shape index (κ2) is 7.50. The average Bonchev–Trinajstić information content (AvgIpc) is 2.84. The summed E-state index contributed by atoms with van der Waals surface area (Å²) in [6.07, 6.45) is 2.76. The molecule has 1 aliphatic rings. The molecule has 5 heteroatoms. The number of likely N-dealkylation sites (tertiary alicyclic amines) is 1. The van der Waals surface area contributed by atoms with E-state index in [1.165, 1.54) is 6.42 Å². The summed E-state index contributed by atoms with van der Waals surface area (Å²) in [4.78, 5) is 14.0. The van der Waals surface area contributed by atoms with Gasteiger partial charge in [0.15, 0.2) is 0 Å². The minimum atomic E-state index is 0.0410. The Balaban J connectivity index is 1.61. The Morgan fingerprint density at radius 1 is 1.45 bits per heavy atom. The molecule has 1 aromatic rings. The van der Waals surface area contributed by atoms with Gasteiger partial charge in [0, 0.05) is 17.6 Å². The third-order valence-electron chi connectivity index (χ3n) is 3.62. The largest absolute Gasteiger partial charge is 0.493 e. The quantitative estimate of drug-likeness (QED) is 0.876. The van der Waals surface area contributed by atoms with Crippen molar-refractivity contribution in [3.05, 3.63) is 29.3 Å². The first-order valence-electron chi connectivity index (χ1n) is 7.00. The Labute approximate surface area is 125 Å². The van der Waals surface area contributed by atoms with Gasteiger partial charge in [-0.25, -0.2) is 0 Å². The van der Waals surface area contributed by atoms with Crippen molar-refractivity contribution in [2.45, 2.75) is 25.3 Å². The molecule has 20 heavy (non-hydrogen) atoms. The molecule has 0 radical (unpaired) electrons. The Hall–Kier alpha value is -1.26. The van der Waals surface area contributed by atoms with Gasteiger partial charge in [-0.2, -0.15) is 0 Å². The molecule has 2 rings (SSSR count). The van der Waals surface area contributed by atoms with Crippen LogP contribution in [0.1, 0.15) is 19.3 Å². The third-order valence-corrected chi connectivity index (χ3v) is 3.87. The first-order chi connectivity index (χ1) is 9.65. The molecule has 1 saturated heterocycles. The van der Waals surface area contributed by atoms with Gasteiger partial charge in [-0.15, -0.1) is 0 Å². The van der Waals surface area contributed by atoms with E-state index in [9.17, 15) is 4.79 Å². The molecule has 1 aliphatic heterocycles. The summed E-state index contributed by atoms with van der Waals surface area (Å²) in [6, 6.07) is 7.62. The van der Waals surface area contributed by atoms with E-state index in [1.807, 2.05) is 0 Å². The number of nitrogens with zero attached hydrogens (tertiary/aromatic N) is 1. The first-order valence-corrected chi connectivity index (χ1v) is 7.38. The Kier molecular flexibility index (Phi) is 5.68. The molecule has 1 aromatic carbocycles. The topological polar surface area (TPSA) is 41.6 Å². The van der Waals surface area contributed by atoms with E-state index in [2.05, 4.69) is 17.3 Å². The van der Waals surface area contributed by atoms with Crippen molar-refractivity contribution in [2.75, 3.05) is 26.7 Å². The van der Waals surface area contributed by atoms with Crippen LogP contribution in [0, 0.1) is 0 Å². The van der Waals surface area contributed by atoms with Crippen molar-refractivity contribution >= 4 is 17.5 Å². The average molecular weight is 297 g/mol. The van der Waals surface area contributed by atoms with E-state index < -0.39 is 0 Å². The number of ether oxygens (including phenoxy) is 1. The van der Waals surface area contributed by atoms with E-state index in [-0.39, 0.29) is 5.91 Å². The number of benzene rings is 1. The van der Waals surface area contributed by atoms with Crippen molar-refractivity contribution in [3.63, 3.8) is 0 Å². The van der Waals surface area contributed by atoms with Crippen LogP contribution in [0.2, 0.25) is 5.02 Å². The zero-order valence-electron chi connectivity index (χ0n) is 11.8. The number of amides is 1. The number of carbonyl (C=O) groups excluding carboxylic acids is 1. The van der Waals surface area contributed by atoms with Gasteiger partial charge in [0.2, 0.25) is 5.91 Å². The van der Waals surface area contributed by atoms with Gasteiger partial charge in [-0.05, 0) is 50.7 Å². The maximum absolute atomic E-state index is 11.7. The van der Waals surface area contributed by atoms with Gasteiger partial charge >= 0.3 is 0 Å². The highest BCUT2D eigenvalue weighted by atomic mass is 35.5. The van der Waals surface area contributed by atoms with Gasteiger partial charge in [0.05, 0.1) is 13.0 Å². The molecular formula is C15H21ClN2O2. The third kappa shape index (κ3) is 4.69. The first kappa shape index (κ1) is 15.1. The lowest BCUT2D eigenvalue weighted by Gasteiger charge is -2.19. The predicted octanol–water partition coefficient (Wildman–Crippen LogP) is 2.32. The van der Waals surface area contributed by atoms with Crippen LogP contribution in [0.5, 0.6) is 5.75 Å². The molecule has 1 heterocycles. The minimum Gasteiger partial charge on any atom is -0.493 e. The maximum atomic E-state index is 11.7. The summed E-state index contributed by atoms with van der Waals surface area (Å²) >= 11 is 5.79. The van der Waals surface area contributed by atoms with E-state index >= 15 is 0 Å². The summed E-state index contributed by atoms with van der Waals surface area (Å²) < 4.78 is 5.49. The summed E-state index contributed by atoms with van der Waals surface area (Å²) in [7, 11) is 2.10. The van der Waals surface area contributed by atoms with Crippen LogP contribution in [-0.2, 0) is 4.79 Å². The van der Waals surface area contributed by atoms with E-state index in [1.54, 1.807) is 24.3 Å². The molecule has 1 amide bonds. The highest BCUT2D eigenvalue weighted by Crippen LogP contribution is 2.15. The lowest BCUT2D eigenvalue weighted by atomic mass is 10.2. The van der Waals surface area contributed by atoms with Gasteiger partial charge in [0.25, 0.3) is 0 Å². The highest BCUT2D eigenvalue weighted by molar-refractivity contribution is 6.30. The van der Waals surface area contributed by atoms with Gasteiger partial charge in [-0.3, -0.25) is 4.79 Å². The standard InChI is InChI=1S/C15H21ClN2O2/c1-18-9-2-3-13(18)11-17-15(19)8-10-20-14-6-4-12(16)5-7-14/h4-7,13H,2-3,8-11H2,1H3,(H,17,19)/t13-/m0/s1. The zero-order valence-corrected chi connectivity index (χ0v) is 12.5. The summed E-state index contributed by atoms with van der Waals surface area (Å²) in [5.74, 6) is 0.775. The Morgan fingerprint density at radius 3 is 2.85 bits per heavy atom. The van der Waals surface area contributed by atoms with Crippen LogP contribution >= 0.6 is 11.6 Å².